The van der Waals surface area contributed by atoms with Crippen LogP contribution in [0.15, 0.2) is 30.3 Å². The van der Waals surface area contributed by atoms with Crippen LogP contribution in [0.25, 0.3) is 0 Å². The molecule has 0 unspecified atom stereocenters. The fraction of sp³-hybridized carbons (Fsp3) is 0.417. The summed E-state index contributed by atoms with van der Waals surface area (Å²) in [7, 11) is 1.52. The number of nitrogens with zero attached hydrogens (tertiary/aromatic N) is 1. The monoisotopic (exact) mass is 221 g/mol. The van der Waals surface area contributed by atoms with Gasteiger partial charge in [-0.2, -0.15) is 0 Å². The second-order valence-corrected chi connectivity index (χ2v) is 4.35. The van der Waals surface area contributed by atoms with E-state index in [1.807, 2.05) is 30.3 Å². The molecule has 0 radical (unpaired) electrons. The fourth-order valence-corrected chi connectivity index (χ4v) is 1.93. The van der Waals surface area contributed by atoms with E-state index in [2.05, 4.69) is 0 Å². The molecule has 86 valence electrons. The molecule has 4 nitrogen and oxygen atoms in total. The maximum absolute atomic E-state index is 11.5. The minimum absolute atomic E-state index is 0.517. The van der Waals surface area contributed by atoms with Crippen LogP contribution in [0.5, 0.6) is 0 Å². The molecule has 0 saturated carbocycles. The Bertz CT molecular complexity index is 416. The number of amides is 1. The summed E-state index contributed by atoms with van der Waals surface area (Å²) in [4.78, 5) is 12.7. The van der Waals surface area contributed by atoms with Crippen molar-refractivity contribution >= 4 is 6.09 Å². The number of cyclic esters (lactones) is 1. The Labute approximate surface area is 94.4 Å². The number of likely N-dealkylation sites (N-methyl/N-ethyl adjacent to an activating group) is 1. The van der Waals surface area contributed by atoms with Gasteiger partial charge in [0.25, 0.3) is 0 Å². The molecule has 1 aliphatic heterocycles. The van der Waals surface area contributed by atoms with Gasteiger partial charge in [0.1, 0.15) is 0 Å². The van der Waals surface area contributed by atoms with E-state index in [9.17, 15) is 9.90 Å². The van der Waals surface area contributed by atoms with Gasteiger partial charge in [0.15, 0.2) is 11.3 Å². The zero-order chi connectivity index (χ0) is 12.0. The van der Waals surface area contributed by atoms with Crippen molar-refractivity contribution in [3.05, 3.63) is 35.9 Å². The van der Waals surface area contributed by atoms with Gasteiger partial charge in [-0.1, -0.05) is 30.3 Å². The second-order valence-electron chi connectivity index (χ2n) is 4.35. The highest BCUT2D eigenvalue weighted by atomic mass is 16.6. The summed E-state index contributed by atoms with van der Waals surface area (Å²) >= 11 is 0. The number of hydrogen-bond acceptors (Lipinski definition) is 3. The zero-order valence-electron chi connectivity index (χ0n) is 9.60. The highest BCUT2D eigenvalue weighted by Crippen LogP contribution is 2.43. The Morgan fingerprint density at radius 1 is 1.25 bits per heavy atom. The molecule has 1 N–H and O–H groups in total. The number of benzene rings is 1. The van der Waals surface area contributed by atoms with E-state index >= 15 is 0 Å². The first-order valence-corrected chi connectivity index (χ1v) is 5.14. The lowest BCUT2D eigenvalue weighted by molar-refractivity contribution is -0.135. The highest BCUT2D eigenvalue weighted by Gasteiger charge is 2.58. The summed E-state index contributed by atoms with van der Waals surface area (Å²) in [6, 6.07) is 9.25. The quantitative estimate of drug-likeness (QED) is 0.785. The van der Waals surface area contributed by atoms with E-state index in [0.717, 1.165) is 5.56 Å². The summed E-state index contributed by atoms with van der Waals surface area (Å²) in [5, 5.41) is 10.4. The Kier molecular flexibility index (Phi) is 2.20. The van der Waals surface area contributed by atoms with Gasteiger partial charge in [-0.15, -0.1) is 0 Å². The van der Waals surface area contributed by atoms with Crippen molar-refractivity contribution in [2.75, 3.05) is 7.05 Å². The van der Waals surface area contributed by atoms with Crippen molar-refractivity contribution < 1.29 is 14.6 Å². The van der Waals surface area contributed by atoms with Crippen LogP contribution in [0, 0.1) is 0 Å². The maximum Gasteiger partial charge on any atom is 0.412 e. The third-order valence-electron chi connectivity index (χ3n) is 3.45. The van der Waals surface area contributed by atoms with Gasteiger partial charge in [0.2, 0.25) is 0 Å². The summed E-state index contributed by atoms with van der Waals surface area (Å²) < 4.78 is 5.30. The number of rotatable bonds is 1. The molecular weight excluding hydrogens is 206 g/mol. The van der Waals surface area contributed by atoms with Crippen molar-refractivity contribution in [2.45, 2.75) is 25.2 Å². The molecule has 16 heavy (non-hydrogen) atoms. The van der Waals surface area contributed by atoms with E-state index in [1.165, 1.54) is 11.9 Å². The van der Waals surface area contributed by atoms with E-state index in [0.29, 0.717) is 0 Å². The molecule has 0 bridgehead atoms. The Hall–Kier alpha value is -1.55. The lowest BCUT2D eigenvalue weighted by atomic mass is 9.86. The van der Waals surface area contributed by atoms with Gasteiger partial charge in [-0.25, -0.2) is 4.79 Å². The molecular formula is C12H15NO3. The summed E-state index contributed by atoms with van der Waals surface area (Å²) in [5.74, 6) is 0. The van der Waals surface area contributed by atoms with Crippen LogP contribution in [0.3, 0.4) is 0 Å². The molecule has 0 aromatic heterocycles. The minimum Gasteiger partial charge on any atom is -0.433 e. The van der Waals surface area contributed by atoms with Gasteiger partial charge >= 0.3 is 6.09 Å². The largest absolute Gasteiger partial charge is 0.433 e. The molecule has 0 spiro atoms. The molecule has 1 amide bonds. The second kappa shape index (κ2) is 3.22. The van der Waals surface area contributed by atoms with Crippen molar-refractivity contribution in [2.24, 2.45) is 0 Å². The fourth-order valence-electron chi connectivity index (χ4n) is 1.93. The molecule has 2 atom stereocenters. The van der Waals surface area contributed by atoms with Crippen molar-refractivity contribution in [1.82, 2.24) is 4.90 Å². The molecule has 1 saturated heterocycles. The number of hydrogen-bond donors (Lipinski definition) is 1. The third kappa shape index (κ3) is 1.23. The lowest BCUT2D eigenvalue weighted by Crippen LogP contribution is -2.51. The molecule has 4 heteroatoms. The van der Waals surface area contributed by atoms with E-state index in [-0.39, 0.29) is 0 Å². The summed E-state index contributed by atoms with van der Waals surface area (Å²) in [6.45, 7) is 3.29. The molecule has 1 aromatic rings. The van der Waals surface area contributed by atoms with Crippen molar-refractivity contribution in [3.63, 3.8) is 0 Å². The number of carbonyl (C=O) groups excluding carboxylic acids is 1. The predicted molar refractivity (Wildman–Crippen MR) is 58.7 cm³/mol. The molecule has 1 fully saturated rings. The molecule has 2 rings (SSSR count). The summed E-state index contributed by atoms with van der Waals surface area (Å²) in [5.41, 5.74) is -1.62. The Morgan fingerprint density at radius 2 is 1.81 bits per heavy atom. The van der Waals surface area contributed by atoms with Crippen molar-refractivity contribution in [3.8, 4) is 0 Å². The Balaban J connectivity index is 2.51. The topological polar surface area (TPSA) is 49.8 Å². The van der Waals surface area contributed by atoms with Gasteiger partial charge in [-0.05, 0) is 13.8 Å². The van der Waals surface area contributed by atoms with Crippen LogP contribution < -0.4 is 0 Å². The maximum atomic E-state index is 11.5. The number of aliphatic hydroxyl groups is 1. The normalized spacial score (nSPS) is 34.0. The van der Waals surface area contributed by atoms with Gasteiger partial charge < -0.3 is 9.84 Å². The molecule has 1 aromatic carbocycles. The lowest BCUT2D eigenvalue weighted by Gasteiger charge is -2.36. The average molecular weight is 221 g/mol. The van der Waals surface area contributed by atoms with Crippen LogP contribution in [0.1, 0.15) is 19.4 Å². The predicted octanol–water partition coefficient (Wildman–Crippen LogP) is 1.69. The van der Waals surface area contributed by atoms with Gasteiger partial charge in [-0.3, -0.25) is 4.90 Å². The zero-order valence-corrected chi connectivity index (χ0v) is 9.60. The highest BCUT2D eigenvalue weighted by molar-refractivity contribution is 5.72. The first-order valence-electron chi connectivity index (χ1n) is 5.14. The number of ether oxygens (including phenoxy) is 1. The molecule has 0 aliphatic carbocycles. The first kappa shape index (κ1) is 11.0. The molecule has 1 aliphatic rings. The Morgan fingerprint density at radius 3 is 2.25 bits per heavy atom. The first-order chi connectivity index (χ1) is 7.39. The SMILES string of the molecule is CN1C(=O)O[C@](C)(c2ccccc2)[C@@]1(C)O. The standard InChI is InChI=1S/C12H15NO3/c1-11(9-7-5-4-6-8-9)12(2,15)13(3)10(14)16-11/h4-8,15H,1-3H3/t11-,12-/m1/s1. The van der Waals surface area contributed by atoms with Crippen LogP contribution in [0.4, 0.5) is 4.79 Å². The average Bonchev–Trinajstić information content (AvgIpc) is 2.42. The van der Waals surface area contributed by atoms with E-state index in [1.54, 1.807) is 13.8 Å². The smallest absolute Gasteiger partial charge is 0.412 e. The number of carbonyl (C=O) groups is 1. The van der Waals surface area contributed by atoms with E-state index < -0.39 is 17.4 Å². The van der Waals surface area contributed by atoms with Crippen LogP contribution >= 0.6 is 0 Å². The van der Waals surface area contributed by atoms with Crippen LogP contribution in [0.2, 0.25) is 0 Å². The van der Waals surface area contributed by atoms with Crippen LogP contribution in [-0.4, -0.2) is 28.9 Å². The van der Waals surface area contributed by atoms with Crippen LogP contribution in [-0.2, 0) is 10.3 Å². The van der Waals surface area contributed by atoms with Gasteiger partial charge in [0.05, 0.1) is 0 Å². The van der Waals surface area contributed by atoms with Gasteiger partial charge in [0, 0.05) is 12.6 Å². The molecule has 1 heterocycles. The third-order valence-corrected chi connectivity index (χ3v) is 3.45. The summed E-state index contributed by atoms with van der Waals surface area (Å²) in [6.07, 6.45) is -0.517. The minimum atomic E-state index is -1.36. The van der Waals surface area contributed by atoms with Crippen molar-refractivity contribution in [1.29, 1.82) is 0 Å². The van der Waals surface area contributed by atoms with E-state index in [4.69, 9.17) is 4.74 Å².